The molecule has 2 rings (SSSR count). The van der Waals surface area contributed by atoms with E-state index in [1.54, 1.807) is 0 Å². The third kappa shape index (κ3) is 4.37. The Bertz CT molecular complexity index is 817. The molecular formula is C15H18FN3O3S2. The van der Waals surface area contributed by atoms with Crippen molar-refractivity contribution in [2.75, 3.05) is 18.9 Å². The SMILES string of the molecule is CC(C)c1csc(NC(=O)CN(C)S(=O)(=O)c2ccc(F)cc2)n1. The van der Waals surface area contributed by atoms with E-state index in [9.17, 15) is 17.6 Å². The molecule has 0 saturated carbocycles. The van der Waals surface area contributed by atoms with Crippen LogP contribution in [0.4, 0.5) is 9.52 Å². The van der Waals surface area contributed by atoms with Crippen LogP contribution in [0.1, 0.15) is 25.5 Å². The van der Waals surface area contributed by atoms with E-state index in [0.29, 0.717) is 5.13 Å². The second-order valence-electron chi connectivity index (χ2n) is 5.50. The van der Waals surface area contributed by atoms with Crippen LogP contribution in [0.2, 0.25) is 0 Å². The third-order valence-corrected chi connectivity index (χ3v) is 5.84. The number of amides is 1. The minimum absolute atomic E-state index is 0.0736. The third-order valence-electron chi connectivity index (χ3n) is 3.25. The van der Waals surface area contributed by atoms with E-state index < -0.39 is 21.7 Å². The number of aromatic nitrogens is 1. The van der Waals surface area contributed by atoms with E-state index >= 15 is 0 Å². The van der Waals surface area contributed by atoms with Gasteiger partial charge in [-0.1, -0.05) is 13.8 Å². The van der Waals surface area contributed by atoms with Crippen molar-refractivity contribution in [3.63, 3.8) is 0 Å². The summed E-state index contributed by atoms with van der Waals surface area (Å²) in [4.78, 5) is 16.2. The van der Waals surface area contributed by atoms with Gasteiger partial charge < -0.3 is 5.32 Å². The zero-order chi connectivity index (χ0) is 17.9. The summed E-state index contributed by atoms with van der Waals surface area (Å²) in [5.74, 6) is -0.777. The maximum absolute atomic E-state index is 12.9. The molecule has 0 radical (unpaired) electrons. The molecule has 1 aromatic carbocycles. The van der Waals surface area contributed by atoms with Crippen LogP contribution in [0.15, 0.2) is 34.5 Å². The summed E-state index contributed by atoms with van der Waals surface area (Å²) in [5.41, 5.74) is 0.864. The number of sulfonamides is 1. The molecule has 0 bridgehead atoms. The summed E-state index contributed by atoms with van der Waals surface area (Å²) in [6.45, 7) is 3.61. The molecule has 130 valence electrons. The maximum Gasteiger partial charge on any atom is 0.243 e. The lowest BCUT2D eigenvalue weighted by Gasteiger charge is -2.16. The highest BCUT2D eigenvalue weighted by atomic mass is 32.2. The zero-order valence-corrected chi connectivity index (χ0v) is 15.1. The number of thiazole rings is 1. The number of halogens is 1. The average Bonchev–Trinajstić information content (AvgIpc) is 2.96. The first-order chi connectivity index (χ1) is 11.2. The molecule has 0 unspecified atom stereocenters. The largest absolute Gasteiger partial charge is 0.301 e. The Morgan fingerprint density at radius 1 is 1.33 bits per heavy atom. The Balaban J connectivity index is 2.03. The van der Waals surface area contributed by atoms with E-state index in [-0.39, 0.29) is 17.4 Å². The molecule has 1 N–H and O–H groups in total. The maximum atomic E-state index is 12.9. The van der Waals surface area contributed by atoms with Crippen LogP contribution in [-0.4, -0.2) is 37.2 Å². The van der Waals surface area contributed by atoms with Gasteiger partial charge in [-0.2, -0.15) is 4.31 Å². The van der Waals surface area contributed by atoms with Gasteiger partial charge in [0.25, 0.3) is 0 Å². The molecule has 6 nitrogen and oxygen atoms in total. The Morgan fingerprint density at radius 3 is 2.50 bits per heavy atom. The Hall–Kier alpha value is -1.84. The van der Waals surface area contributed by atoms with Gasteiger partial charge in [-0.05, 0) is 30.2 Å². The standard InChI is InChI=1S/C15H18FN3O3S2/c1-10(2)13-9-23-15(17-13)18-14(20)8-19(3)24(21,22)12-6-4-11(16)5-7-12/h4-7,9-10H,8H2,1-3H3,(H,17,18,20). The lowest BCUT2D eigenvalue weighted by molar-refractivity contribution is -0.116. The molecular weight excluding hydrogens is 353 g/mol. The number of hydrogen-bond acceptors (Lipinski definition) is 5. The number of hydrogen-bond donors (Lipinski definition) is 1. The molecule has 9 heteroatoms. The minimum atomic E-state index is -3.86. The van der Waals surface area contributed by atoms with Crippen molar-refractivity contribution in [1.82, 2.24) is 9.29 Å². The van der Waals surface area contributed by atoms with Gasteiger partial charge in [0, 0.05) is 12.4 Å². The van der Waals surface area contributed by atoms with Crippen molar-refractivity contribution in [2.45, 2.75) is 24.7 Å². The Morgan fingerprint density at radius 2 is 1.96 bits per heavy atom. The van der Waals surface area contributed by atoms with E-state index in [4.69, 9.17) is 0 Å². The molecule has 2 aromatic rings. The van der Waals surface area contributed by atoms with Gasteiger partial charge in [0.1, 0.15) is 5.82 Å². The second-order valence-corrected chi connectivity index (χ2v) is 8.40. The normalized spacial score (nSPS) is 11.9. The fourth-order valence-corrected chi connectivity index (χ4v) is 3.86. The molecule has 0 aliphatic rings. The first-order valence-electron chi connectivity index (χ1n) is 7.17. The van der Waals surface area contributed by atoms with Crippen molar-refractivity contribution in [3.8, 4) is 0 Å². The number of nitrogens with one attached hydrogen (secondary N) is 1. The van der Waals surface area contributed by atoms with E-state index in [2.05, 4.69) is 10.3 Å². The van der Waals surface area contributed by atoms with Crippen molar-refractivity contribution in [3.05, 3.63) is 41.2 Å². The van der Waals surface area contributed by atoms with Crippen molar-refractivity contribution in [2.24, 2.45) is 0 Å². The van der Waals surface area contributed by atoms with Crippen molar-refractivity contribution < 1.29 is 17.6 Å². The highest BCUT2D eigenvalue weighted by molar-refractivity contribution is 7.89. The molecule has 1 amide bonds. The summed E-state index contributed by atoms with van der Waals surface area (Å²) >= 11 is 1.29. The smallest absolute Gasteiger partial charge is 0.243 e. The van der Waals surface area contributed by atoms with Crippen LogP contribution in [0.5, 0.6) is 0 Å². The monoisotopic (exact) mass is 371 g/mol. The molecule has 24 heavy (non-hydrogen) atoms. The fourth-order valence-electron chi connectivity index (χ4n) is 1.84. The van der Waals surface area contributed by atoms with Gasteiger partial charge in [-0.3, -0.25) is 4.79 Å². The predicted molar refractivity (Wildman–Crippen MR) is 91.0 cm³/mol. The molecule has 0 aliphatic heterocycles. The highest BCUT2D eigenvalue weighted by Crippen LogP contribution is 2.21. The summed E-state index contributed by atoms with van der Waals surface area (Å²) < 4.78 is 38.5. The number of nitrogens with zero attached hydrogens (tertiary/aromatic N) is 2. The van der Waals surface area contributed by atoms with Crippen LogP contribution >= 0.6 is 11.3 Å². The molecule has 0 spiro atoms. The number of carbonyl (C=O) groups excluding carboxylic acids is 1. The second kappa shape index (κ2) is 7.37. The van der Waals surface area contributed by atoms with Crippen LogP contribution in [0.3, 0.4) is 0 Å². The van der Waals surface area contributed by atoms with Crippen LogP contribution in [0.25, 0.3) is 0 Å². The first-order valence-corrected chi connectivity index (χ1v) is 9.49. The summed E-state index contributed by atoms with van der Waals surface area (Å²) in [6.07, 6.45) is 0. The number of anilines is 1. The number of likely N-dealkylation sites (N-methyl/N-ethyl adjacent to an activating group) is 1. The van der Waals surface area contributed by atoms with Crippen molar-refractivity contribution in [1.29, 1.82) is 0 Å². The lowest BCUT2D eigenvalue weighted by Crippen LogP contribution is -2.34. The van der Waals surface area contributed by atoms with Gasteiger partial charge in [0.05, 0.1) is 17.1 Å². The summed E-state index contributed by atoms with van der Waals surface area (Å²) in [5, 5.41) is 4.86. The number of carbonyl (C=O) groups is 1. The highest BCUT2D eigenvalue weighted by Gasteiger charge is 2.23. The predicted octanol–water partition coefficient (Wildman–Crippen LogP) is 2.66. The van der Waals surface area contributed by atoms with Gasteiger partial charge >= 0.3 is 0 Å². The van der Waals surface area contributed by atoms with Crippen LogP contribution in [-0.2, 0) is 14.8 Å². The molecule has 0 atom stereocenters. The summed E-state index contributed by atoms with van der Waals surface area (Å²) in [7, 11) is -2.57. The lowest BCUT2D eigenvalue weighted by atomic mass is 10.2. The van der Waals surface area contributed by atoms with Crippen LogP contribution in [0, 0.1) is 5.82 Å². The fraction of sp³-hybridized carbons (Fsp3) is 0.333. The van der Waals surface area contributed by atoms with Gasteiger partial charge in [0.15, 0.2) is 5.13 Å². The number of rotatable bonds is 6. The van der Waals surface area contributed by atoms with E-state index in [0.717, 1.165) is 34.3 Å². The number of benzene rings is 1. The Kier molecular flexibility index (Phi) is 5.68. The minimum Gasteiger partial charge on any atom is -0.301 e. The van der Waals surface area contributed by atoms with Crippen molar-refractivity contribution >= 4 is 32.4 Å². The molecule has 1 aromatic heterocycles. The quantitative estimate of drug-likeness (QED) is 0.847. The van der Waals surface area contributed by atoms with Gasteiger partial charge in [0.2, 0.25) is 15.9 Å². The zero-order valence-electron chi connectivity index (χ0n) is 13.5. The average molecular weight is 371 g/mol. The summed E-state index contributed by atoms with van der Waals surface area (Å²) in [6, 6.07) is 4.44. The Labute approximate surface area is 144 Å². The molecule has 0 saturated heterocycles. The van der Waals surface area contributed by atoms with Gasteiger partial charge in [-0.15, -0.1) is 11.3 Å². The van der Waals surface area contributed by atoms with Crippen LogP contribution < -0.4 is 5.32 Å². The topological polar surface area (TPSA) is 79.4 Å². The molecule has 0 fully saturated rings. The first kappa shape index (κ1) is 18.5. The van der Waals surface area contributed by atoms with Gasteiger partial charge in [-0.25, -0.2) is 17.8 Å². The van der Waals surface area contributed by atoms with E-state index in [1.807, 2.05) is 19.2 Å². The molecule has 0 aliphatic carbocycles. The van der Waals surface area contributed by atoms with E-state index in [1.165, 1.54) is 18.4 Å². The molecule has 1 heterocycles.